The lowest BCUT2D eigenvalue weighted by molar-refractivity contribution is -0.120. The van der Waals surface area contributed by atoms with Gasteiger partial charge in [0.2, 0.25) is 5.91 Å². The Morgan fingerprint density at radius 1 is 1.12 bits per heavy atom. The maximum Gasteiger partial charge on any atom is 0.258 e. The number of nitrogens with one attached hydrogen (secondary N) is 2. The molecule has 0 saturated heterocycles. The summed E-state index contributed by atoms with van der Waals surface area (Å²) in [6.45, 7) is 0.314. The molecular weight excluding hydrogens is 309 g/mol. The number of nitrogens with zero attached hydrogens (tertiary/aromatic N) is 1. The number of amides is 1. The first-order chi connectivity index (χ1) is 11.6. The van der Waals surface area contributed by atoms with Crippen LogP contribution in [0, 0.1) is 5.82 Å². The first-order valence-corrected chi connectivity index (χ1v) is 7.61. The van der Waals surface area contributed by atoms with E-state index in [4.69, 9.17) is 0 Å². The van der Waals surface area contributed by atoms with Crippen LogP contribution in [0.5, 0.6) is 0 Å². The molecule has 2 N–H and O–H groups in total. The Labute approximate surface area is 137 Å². The van der Waals surface area contributed by atoms with Gasteiger partial charge in [0.25, 0.3) is 5.56 Å². The number of rotatable bonds is 5. The van der Waals surface area contributed by atoms with Gasteiger partial charge in [-0.25, -0.2) is 9.37 Å². The average molecular weight is 325 g/mol. The van der Waals surface area contributed by atoms with Gasteiger partial charge < -0.3 is 10.3 Å². The zero-order chi connectivity index (χ0) is 16.9. The molecule has 6 heteroatoms. The van der Waals surface area contributed by atoms with E-state index in [0.717, 1.165) is 0 Å². The minimum absolute atomic E-state index is 0.0195. The van der Waals surface area contributed by atoms with Crippen LogP contribution in [0.2, 0.25) is 0 Å². The third-order valence-electron chi connectivity index (χ3n) is 3.65. The smallest absolute Gasteiger partial charge is 0.258 e. The lowest BCUT2D eigenvalue weighted by atomic mass is 10.1. The van der Waals surface area contributed by atoms with Gasteiger partial charge in [-0.3, -0.25) is 9.59 Å². The molecule has 0 radical (unpaired) electrons. The Morgan fingerprint density at radius 2 is 1.88 bits per heavy atom. The summed E-state index contributed by atoms with van der Waals surface area (Å²) in [5.41, 5.74) is 0.773. The first-order valence-electron chi connectivity index (χ1n) is 7.61. The zero-order valence-corrected chi connectivity index (χ0v) is 12.9. The molecule has 1 amide bonds. The van der Waals surface area contributed by atoms with Crippen molar-refractivity contribution in [2.24, 2.45) is 0 Å². The van der Waals surface area contributed by atoms with Crippen molar-refractivity contribution in [3.8, 4) is 0 Å². The SMILES string of the molecule is O=C(Cc1ccccc1F)NCCc1nc2ccccc2c(=O)[nH]1. The van der Waals surface area contributed by atoms with Crippen molar-refractivity contribution in [2.75, 3.05) is 6.54 Å². The van der Waals surface area contributed by atoms with Crippen LogP contribution in [-0.2, 0) is 17.6 Å². The Kier molecular flexibility index (Phi) is 4.65. The van der Waals surface area contributed by atoms with Gasteiger partial charge in [0.1, 0.15) is 11.6 Å². The zero-order valence-electron chi connectivity index (χ0n) is 12.9. The Hall–Kier alpha value is -3.02. The molecule has 122 valence electrons. The van der Waals surface area contributed by atoms with Gasteiger partial charge in [-0.05, 0) is 23.8 Å². The third-order valence-corrected chi connectivity index (χ3v) is 3.65. The molecule has 3 rings (SSSR count). The summed E-state index contributed by atoms with van der Waals surface area (Å²) in [6, 6.07) is 13.3. The van der Waals surface area contributed by atoms with E-state index in [1.807, 2.05) is 6.07 Å². The summed E-state index contributed by atoms with van der Waals surface area (Å²) in [6.07, 6.45) is 0.372. The number of hydrogen-bond acceptors (Lipinski definition) is 3. The molecule has 2 aromatic carbocycles. The van der Waals surface area contributed by atoms with Crippen LogP contribution < -0.4 is 10.9 Å². The standard InChI is InChI=1S/C18H16FN3O2/c19-14-7-3-1-5-12(14)11-17(23)20-10-9-16-21-15-8-4-2-6-13(15)18(24)22-16/h1-8H,9-11H2,(H,20,23)(H,21,22,24). The summed E-state index contributed by atoms with van der Waals surface area (Å²) in [4.78, 5) is 30.9. The van der Waals surface area contributed by atoms with Crippen molar-refractivity contribution in [1.82, 2.24) is 15.3 Å². The van der Waals surface area contributed by atoms with Gasteiger partial charge in [0, 0.05) is 13.0 Å². The molecule has 1 aromatic heterocycles. The molecule has 0 aliphatic rings. The second-order valence-corrected chi connectivity index (χ2v) is 5.40. The van der Waals surface area contributed by atoms with Crippen LogP contribution in [0.1, 0.15) is 11.4 Å². The van der Waals surface area contributed by atoms with Crippen molar-refractivity contribution in [3.05, 3.63) is 76.1 Å². The number of carbonyl (C=O) groups excluding carboxylic acids is 1. The van der Waals surface area contributed by atoms with Crippen molar-refractivity contribution in [2.45, 2.75) is 12.8 Å². The molecule has 0 fully saturated rings. The molecule has 0 bridgehead atoms. The summed E-state index contributed by atoms with van der Waals surface area (Å²) >= 11 is 0. The van der Waals surface area contributed by atoms with Gasteiger partial charge in [-0.15, -0.1) is 0 Å². The van der Waals surface area contributed by atoms with Gasteiger partial charge >= 0.3 is 0 Å². The van der Waals surface area contributed by atoms with E-state index in [2.05, 4.69) is 15.3 Å². The van der Waals surface area contributed by atoms with E-state index in [1.165, 1.54) is 6.07 Å². The van der Waals surface area contributed by atoms with Gasteiger partial charge in [-0.2, -0.15) is 0 Å². The molecule has 0 saturated carbocycles. The first kappa shape index (κ1) is 15.9. The fourth-order valence-corrected chi connectivity index (χ4v) is 2.45. The quantitative estimate of drug-likeness (QED) is 0.753. The molecule has 1 heterocycles. The van der Waals surface area contributed by atoms with Crippen molar-refractivity contribution < 1.29 is 9.18 Å². The van der Waals surface area contributed by atoms with Crippen LogP contribution in [0.15, 0.2) is 53.3 Å². The molecule has 0 unspecified atom stereocenters. The summed E-state index contributed by atoms with van der Waals surface area (Å²) < 4.78 is 13.5. The van der Waals surface area contributed by atoms with E-state index in [0.29, 0.717) is 35.3 Å². The normalized spacial score (nSPS) is 10.7. The molecular formula is C18H16FN3O2. The van der Waals surface area contributed by atoms with E-state index in [9.17, 15) is 14.0 Å². The molecule has 0 aliphatic carbocycles. The van der Waals surface area contributed by atoms with Crippen molar-refractivity contribution in [1.29, 1.82) is 0 Å². The highest BCUT2D eigenvalue weighted by Gasteiger charge is 2.08. The van der Waals surface area contributed by atoms with Crippen LogP contribution in [0.4, 0.5) is 4.39 Å². The number of carbonyl (C=O) groups is 1. The minimum Gasteiger partial charge on any atom is -0.355 e. The highest BCUT2D eigenvalue weighted by molar-refractivity contribution is 5.78. The van der Waals surface area contributed by atoms with Crippen molar-refractivity contribution >= 4 is 16.8 Å². The van der Waals surface area contributed by atoms with Crippen LogP contribution in [-0.4, -0.2) is 22.4 Å². The van der Waals surface area contributed by atoms with E-state index >= 15 is 0 Å². The number of hydrogen-bond donors (Lipinski definition) is 2. The molecule has 0 spiro atoms. The lowest BCUT2D eigenvalue weighted by Crippen LogP contribution is -2.28. The number of aromatic amines is 1. The second-order valence-electron chi connectivity index (χ2n) is 5.40. The Bertz CT molecular complexity index is 937. The highest BCUT2D eigenvalue weighted by atomic mass is 19.1. The van der Waals surface area contributed by atoms with E-state index < -0.39 is 5.82 Å². The molecule has 5 nitrogen and oxygen atoms in total. The van der Waals surface area contributed by atoms with E-state index in [1.54, 1.807) is 36.4 Å². The predicted octanol–water partition coefficient (Wildman–Crippen LogP) is 1.96. The monoisotopic (exact) mass is 325 g/mol. The average Bonchev–Trinajstić information content (AvgIpc) is 2.57. The lowest BCUT2D eigenvalue weighted by Gasteiger charge is -2.06. The summed E-state index contributed by atoms with van der Waals surface area (Å²) in [5, 5.41) is 3.24. The third kappa shape index (κ3) is 3.65. The van der Waals surface area contributed by atoms with Gasteiger partial charge in [0.05, 0.1) is 17.3 Å². The van der Waals surface area contributed by atoms with Crippen LogP contribution >= 0.6 is 0 Å². The fourth-order valence-electron chi connectivity index (χ4n) is 2.45. The second kappa shape index (κ2) is 7.04. The summed E-state index contributed by atoms with van der Waals surface area (Å²) in [5.74, 6) is -0.165. The number of para-hydroxylation sites is 1. The van der Waals surface area contributed by atoms with Gasteiger partial charge in [-0.1, -0.05) is 30.3 Å². The van der Waals surface area contributed by atoms with Gasteiger partial charge in [0.15, 0.2) is 0 Å². The number of fused-ring (bicyclic) bond motifs is 1. The molecule has 3 aromatic rings. The number of benzene rings is 2. The molecule has 0 atom stereocenters. The Balaban J connectivity index is 1.59. The topological polar surface area (TPSA) is 74.8 Å². The number of H-pyrrole nitrogens is 1. The number of aromatic nitrogens is 2. The summed E-state index contributed by atoms with van der Waals surface area (Å²) in [7, 11) is 0. The maximum absolute atomic E-state index is 13.5. The fraction of sp³-hybridized carbons (Fsp3) is 0.167. The van der Waals surface area contributed by atoms with Crippen molar-refractivity contribution in [3.63, 3.8) is 0 Å². The van der Waals surface area contributed by atoms with Crippen LogP contribution in [0.3, 0.4) is 0 Å². The number of halogens is 1. The molecule has 0 aliphatic heterocycles. The molecule has 24 heavy (non-hydrogen) atoms. The highest BCUT2D eigenvalue weighted by Crippen LogP contribution is 2.07. The maximum atomic E-state index is 13.5. The van der Waals surface area contributed by atoms with Crippen LogP contribution in [0.25, 0.3) is 10.9 Å². The van der Waals surface area contributed by atoms with E-state index in [-0.39, 0.29) is 17.9 Å². The Morgan fingerprint density at radius 3 is 2.71 bits per heavy atom. The minimum atomic E-state index is -0.395. The predicted molar refractivity (Wildman–Crippen MR) is 89.2 cm³/mol. The largest absolute Gasteiger partial charge is 0.355 e.